The molecule has 1 heterocycles. The summed E-state index contributed by atoms with van der Waals surface area (Å²) in [5.41, 5.74) is 6.58. The van der Waals surface area contributed by atoms with Crippen LogP contribution in [0, 0.1) is 5.92 Å². The molecular formula is C14H24N4O. The molecule has 0 bridgehead atoms. The van der Waals surface area contributed by atoms with E-state index in [1.165, 1.54) is 25.7 Å². The van der Waals surface area contributed by atoms with Gasteiger partial charge in [-0.15, -0.1) is 0 Å². The molecule has 2 rings (SSSR count). The van der Waals surface area contributed by atoms with Crippen LogP contribution in [0.1, 0.15) is 45.4 Å². The van der Waals surface area contributed by atoms with E-state index in [0.717, 1.165) is 18.1 Å². The number of hydrogen-bond acceptors (Lipinski definition) is 5. The van der Waals surface area contributed by atoms with Crippen LogP contribution in [0.2, 0.25) is 0 Å². The molecule has 1 aromatic rings. The third kappa shape index (κ3) is 3.08. The van der Waals surface area contributed by atoms with Crippen LogP contribution < -0.4 is 15.8 Å². The minimum absolute atomic E-state index is 0.445. The zero-order valence-corrected chi connectivity index (χ0v) is 12.1. The van der Waals surface area contributed by atoms with Crippen molar-refractivity contribution in [2.24, 2.45) is 5.92 Å². The van der Waals surface area contributed by atoms with Gasteiger partial charge in [0.2, 0.25) is 5.88 Å². The molecule has 5 nitrogen and oxygen atoms in total. The molecule has 5 heteroatoms. The van der Waals surface area contributed by atoms with Crippen molar-refractivity contribution in [3.63, 3.8) is 0 Å². The molecule has 106 valence electrons. The Morgan fingerprint density at radius 2 is 2.05 bits per heavy atom. The number of hydrogen-bond donors (Lipinski definition) is 2. The summed E-state index contributed by atoms with van der Waals surface area (Å²) in [6, 6.07) is 0.445. The van der Waals surface area contributed by atoms with Gasteiger partial charge in [0.15, 0.2) is 5.82 Å². The largest absolute Gasteiger partial charge is 0.479 e. The summed E-state index contributed by atoms with van der Waals surface area (Å²) >= 11 is 0. The molecule has 0 radical (unpaired) electrons. The van der Waals surface area contributed by atoms with Crippen LogP contribution >= 0.6 is 0 Å². The first-order chi connectivity index (χ1) is 9.15. The lowest BCUT2D eigenvalue weighted by atomic mass is 9.86. The number of methoxy groups -OCH3 is 1. The fraction of sp³-hybridized carbons (Fsp3) is 0.714. The first kappa shape index (κ1) is 13.9. The van der Waals surface area contributed by atoms with Crippen LogP contribution in [0.4, 0.5) is 11.5 Å². The highest BCUT2D eigenvalue weighted by atomic mass is 16.5. The van der Waals surface area contributed by atoms with Gasteiger partial charge in [0, 0.05) is 12.5 Å². The van der Waals surface area contributed by atoms with E-state index in [-0.39, 0.29) is 0 Å². The van der Waals surface area contributed by atoms with Crippen molar-refractivity contribution in [3.8, 4) is 5.88 Å². The molecule has 0 aliphatic heterocycles. The molecule has 0 spiro atoms. The monoisotopic (exact) mass is 264 g/mol. The third-order valence-corrected chi connectivity index (χ3v) is 3.90. The van der Waals surface area contributed by atoms with Crippen LogP contribution in [0.5, 0.6) is 5.88 Å². The zero-order valence-electron chi connectivity index (χ0n) is 12.1. The summed E-state index contributed by atoms with van der Waals surface area (Å²) in [5, 5.41) is 3.49. The van der Waals surface area contributed by atoms with E-state index in [1.807, 2.05) is 6.92 Å². The van der Waals surface area contributed by atoms with Gasteiger partial charge in [-0.2, -0.15) is 4.98 Å². The average molecular weight is 264 g/mol. The van der Waals surface area contributed by atoms with Crippen LogP contribution in [-0.4, -0.2) is 23.1 Å². The molecule has 2 unspecified atom stereocenters. The summed E-state index contributed by atoms with van der Waals surface area (Å²) in [6.45, 7) is 4.31. The molecule has 1 aliphatic carbocycles. The molecule has 0 saturated heterocycles. The average Bonchev–Trinajstić information content (AvgIpc) is 2.43. The molecule has 3 N–H and O–H groups in total. The van der Waals surface area contributed by atoms with E-state index >= 15 is 0 Å². The lowest BCUT2D eigenvalue weighted by Crippen LogP contribution is -2.31. The zero-order chi connectivity index (χ0) is 13.8. The van der Waals surface area contributed by atoms with Crippen LogP contribution in [0.15, 0.2) is 0 Å². The Labute approximate surface area is 115 Å². The molecule has 1 fully saturated rings. The first-order valence-corrected chi connectivity index (χ1v) is 7.12. The summed E-state index contributed by atoms with van der Waals surface area (Å²) in [6.07, 6.45) is 5.80. The SMILES string of the molecule is CCc1nc(NC2CCCCC2C)c(N)c(OC)n1. The highest BCUT2D eigenvalue weighted by Gasteiger charge is 2.23. The van der Waals surface area contributed by atoms with E-state index in [1.54, 1.807) is 7.11 Å². The number of anilines is 2. The highest BCUT2D eigenvalue weighted by molar-refractivity contribution is 5.67. The number of nitrogens with two attached hydrogens (primary N) is 1. The lowest BCUT2D eigenvalue weighted by molar-refractivity contribution is 0.348. The van der Waals surface area contributed by atoms with Gasteiger partial charge in [-0.3, -0.25) is 0 Å². The first-order valence-electron chi connectivity index (χ1n) is 7.12. The number of aryl methyl sites for hydroxylation is 1. The third-order valence-electron chi connectivity index (χ3n) is 3.90. The van der Waals surface area contributed by atoms with Crippen molar-refractivity contribution in [3.05, 3.63) is 5.82 Å². The Morgan fingerprint density at radius 3 is 2.68 bits per heavy atom. The van der Waals surface area contributed by atoms with Gasteiger partial charge in [0.05, 0.1) is 7.11 Å². The Balaban J connectivity index is 2.22. The van der Waals surface area contributed by atoms with E-state index in [0.29, 0.717) is 23.5 Å². The Morgan fingerprint density at radius 1 is 1.32 bits per heavy atom. The second kappa shape index (κ2) is 6.08. The Hall–Kier alpha value is -1.52. The van der Waals surface area contributed by atoms with Crippen molar-refractivity contribution in [1.82, 2.24) is 9.97 Å². The number of ether oxygens (including phenoxy) is 1. The Bertz CT molecular complexity index is 436. The minimum Gasteiger partial charge on any atom is -0.479 e. The quantitative estimate of drug-likeness (QED) is 0.874. The molecule has 0 aromatic carbocycles. The predicted molar refractivity (Wildman–Crippen MR) is 77.4 cm³/mol. The standard InChI is InChI=1S/C14H24N4O/c1-4-11-17-13(12(15)14(18-11)19-3)16-10-8-6-5-7-9(10)2/h9-10H,4-8,15H2,1-3H3,(H,16,17,18). The fourth-order valence-corrected chi connectivity index (χ4v) is 2.62. The predicted octanol–water partition coefficient (Wildman–Crippen LogP) is 2.62. The molecule has 1 saturated carbocycles. The lowest BCUT2D eigenvalue weighted by Gasteiger charge is -2.30. The fourth-order valence-electron chi connectivity index (χ4n) is 2.62. The maximum absolute atomic E-state index is 6.07. The summed E-state index contributed by atoms with van der Waals surface area (Å²) in [7, 11) is 1.59. The minimum atomic E-state index is 0.445. The van der Waals surface area contributed by atoms with Crippen LogP contribution in [0.25, 0.3) is 0 Å². The number of rotatable bonds is 4. The maximum Gasteiger partial charge on any atom is 0.242 e. The molecule has 1 aromatic heterocycles. The van der Waals surface area contributed by atoms with Gasteiger partial charge < -0.3 is 15.8 Å². The van der Waals surface area contributed by atoms with Crippen molar-refractivity contribution in [2.45, 2.75) is 52.0 Å². The van der Waals surface area contributed by atoms with Gasteiger partial charge in [-0.25, -0.2) is 4.98 Å². The van der Waals surface area contributed by atoms with Crippen LogP contribution in [-0.2, 0) is 6.42 Å². The Kier molecular flexibility index (Phi) is 4.45. The highest BCUT2D eigenvalue weighted by Crippen LogP contribution is 2.31. The van der Waals surface area contributed by atoms with Gasteiger partial charge >= 0.3 is 0 Å². The molecule has 19 heavy (non-hydrogen) atoms. The molecule has 2 atom stereocenters. The van der Waals surface area contributed by atoms with Crippen molar-refractivity contribution >= 4 is 11.5 Å². The van der Waals surface area contributed by atoms with E-state index in [9.17, 15) is 0 Å². The second-order valence-corrected chi connectivity index (χ2v) is 5.28. The molecular weight excluding hydrogens is 240 g/mol. The van der Waals surface area contributed by atoms with Gasteiger partial charge in [0.1, 0.15) is 11.5 Å². The maximum atomic E-state index is 6.07. The van der Waals surface area contributed by atoms with Gasteiger partial charge in [0.25, 0.3) is 0 Å². The smallest absolute Gasteiger partial charge is 0.242 e. The number of nitrogen functional groups attached to an aromatic ring is 1. The normalized spacial score (nSPS) is 23.1. The van der Waals surface area contributed by atoms with Gasteiger partial charge in [-0.05, 0) is 18.8 Å². The number of nitrogens with one attached hydrogen (secondary N) is 1. The summed E-state index contributed by atoms with van der Waals surface area (Å²) < 4.78 is 5.23. The van der Waals surface area contributed by atoms with E-state index < -0.39 is 0 Å². The molecule has 0 amide bonds. The van der Waals surface area contributed by atoms with Gasteiger partial charge in [-0.1, -0.05) is 26.7 Å². The number of aromatic nitrogens is 2. The number of nitrogens with zero attached hydrogens (tertiary/aromatic N) is 2. The van der Waals surface area contributed by atoms with Crippen molar-refractivity contribution in [2.75, 3.05) is 18.2 Å². The van der Waals surface area contributed by atoms with Crippen molar-refractivity contribution < 1.29 is 4.74 Å². The second-order valence-electron chi connectivity index (χ2n) is 5.28. The van der Waals surface area contributed by atoms with E-state index in [2.05, 4.69) is 22.2 Å². The van der Waals surface area contributed by atoms with Crippen LogP contribution in [0.3, 0.4) is 0 Å². The summed E-state index contributed by atoms with van der Waals surface area (Å²) in [4.78, 5) is 8.78. The van der Waals surface area contributed by atoms with Crippen molar-refractivity contribution in [1.29, 1.82) is 0 Å². The van der Waals surface area contributed by atoms with E-state index in [4.69, 9.17) is 10.5 Å². The topological polar surface area (TPSA) is 73.1 Å². The molecule has 1 aliphatic rings. The summed E-state index contributed by atoms with van der Waals surface area (Å²) in [5.74, 6) is 2.61.